The lowest BCUT2D eigenvalue weighted by Gasteiger charge is -2.24. The molecule has 4 N–H and O–H groups in total. The first-order valence-corrected chi connectivity index (χ1v) is 6.12. The summed E-state index contributed by atoms with van der Waals surface area (Å²) in [5.74, 6) is -6.68. The molecule has 8 nitrogen and oxygen atoms in total. The van der Waals surface area contributed by atoms with Crippen LogP contribution in [0.2, 0.25) is 0 Å². The third-order valence-electron chi connectivity index (χ3n) is 2.33. The molecule has 1 aromatic rings. The molecule has 1 rings (SSSR count). The molecule has 0 unspecified atom stereocenters. The van der Waals surface area contributed by atoms with Gasteiger partial charge in [-0.2, -0.15) is 8.78 Å². The predicted molar refractivity (Wildman–Crippen MR) is 68.7 cm³/mol. The maximum atomic E-state index is 13.6. The van der Waals surface area contributed by atoms with Crippen LogP contribution in [0.4, 0.5) is 8.78 Å². The zero-order chi connectivity index (χ0) is 15.7. The Morgan fingerprint density at radius 2 is 2.00 bits per heavy atom. The molecule has 0 amide bonds. The number of aromatic amines is 1. The molecule has 0 radical (unpaired) electrons. The monoisotopic (exact) mass is 406 g/mol. The standard InChI is InChI=1S/C9H9F2IN2O6/c10-9(11,5(17)4(16)2-15)7(19)14-1-3(12)6(18)13-8(14)20/h1,4-5,15-17H,2H2,(H,13,18,20)/t4-,5+/m1/s1. The van der Waals surface area contributed by atoms with Crippen LogP contribution in [0, 0.1) is 3.57 Å². The first-order chi connectivity index (χ1) is 9.12. The molecule has 1 heterocycles. The number of carbonyl (C=O) groups is 1. The molecule has 0 saturated heterocycles. The molecule has 0 aliphatic carbocycles. The van der Waals surface area contributed by atoms with Crippen LogP contribution in [0.15, 0.2) is 15.8 Å². The van der Waals surface area contributed by atoms with Crippen LogP contribution >= 0.6 is 22.6 Å². The van der Waals surface area contributed by atoms with Crippen molar-refractivity contribution in [3.05, 3.63) is 30.6 Å². The summed E-state index contributed by atoms with van der Waals surface area (Å²) < 4.78 is 27.0. The number of aliphatic hydroxyl groups excluding tert-OH is 3. The molecule has 11 heteroatoms. The summed E-state index contributed by atoms with van der Waals surface area (Å²) in [6.45, 7) is -1.21. The minimum atomic E-state index is -4.53. The van der Waals surface area contributed by atoms with E-state index in [2.05, 4.69) is 0 Å². The van der Waals surface area contributed by atoms with Gasteiger partial charge in [-0.25, -0.2) is 9.36 Å². The average molecular weight is 406 g/mol. The second-order valence-corrected chi connectivity index (χ2v) is 4.89. The fourth-order valence-corrected chi connectivity index (χ4v) is 1.64. The summed E-state index contributed by atoms with van der Waals surface area (Å²) in [6.07, 6.45) is -4.60. The van der Waals surface area contributed by atoms with E-state index in [1.807, 2.05) is 0 Å². The first kappa shape index (κ1) is 16.9. The molecular formula is C9H9F2IN2O6. The minimum Gasteiger partial charge on any atom is -0.394 e. The zero-order valence-corrected chi connectivity index (χ0v) is 11.7. The van der Waals surface area contributed by atoms with Crippen LogP contribution in [0.1, 0.15) is 4.79 Å². The van der Waals surface area contributed by atoms with Crippen LogP contribution in [-0.2, 0) is 0 Å². The van der Waals surface area contributed by atoms with Crippen LogP contribution in [0.3, 0.4) is 0 Å². The average Bonchev–Trinajstić information content (AvgIpc) is 2.40. The van der Waals surface area contributed by atoms with E-state index in [-0.39, 0.29) is 8.14 Å². The predicted octanol–water partition coefficient (Wildman–Crippen LogP) is -1.87. The molecule has 20 heavy (non-hydrogen) atoms. The molecular weight excluding hydrogens is 397 g/mol. The number of rotatable bonds is 4. The molecule has 0 bridgehead atoms. The number of halogens is 3. The quantitative estimate of drug-likeness (QED) is 0.434. The molecule has 0 aromatic carbocycles. The Balaban J connectivity index is 3.27. The van der Waals surface area contributed by atoms with Gasteiger partial charge >= 0.3 is 17.5 Å². The number of carbonyl (C=O) groups excluding carboxylic acids is 1. The normalized spacial score (nSPS) is 14.9. The van der Waals surface area contributed by atoms with Crippen molar-refractivity contribution in [2.24, 2.45) is 0 Å². The maximum absolute atomic E-state index is 13.6. The highest BCUT2D eigenvalue weighted by Gasteiger charge is 2.50. The number of alkyl halides is 2. The Morgan fingerprint density at radius 1 is 1.45 bits per heavy atom. The molecule has 1 aromatic heterocycles. The summed E-state index contributed by atoms with van der Waals surface area (Å²) in [5.41, 5.74) is -2.27. The number of H-pyrrole nitrogens is 1. The van der Waals surface area contributed by atoms with Crippen molar-refractivity contribution in [3.8, 4) is 0 Å². The van der Waals surface area contributed by atoms with Gasteiger partial charge in [0.2, 0.25) is 0 Å². The first-order valence-electron chi connectivity index (χ1n) is 5.04. The Bertz CT molecular complexity index is 628. The van der Waals surface area contributed by atoms with E-state index >= 15 is 0 Å². The van der Waals surface area contributed by atoms with E-state index in [0.29, 0.717) is 6.20 Å². The van der Waals surface area contributed by atoms with E-state index in [9.17, 15) is 23.2 Å². The molecule has 0 spiro atoms. The van der Waals surface area contributed by atoms with Gasteiger partial charge in [0, 0.05) is 6.20 Å². The molecule has 112 valence electrons. The Kier molecular flexibility index (Phi) is 5.12. The molecule has 0 aliphatic heterocycles. The SMILES string of the molecule is O=C(n1cc(I)c(=O)[nH]c1=O)C(F)(F)[C@@H](O)[C@H](O)CO. The molecule has 0 saturated carbocycles. The Morgan fingerprint density at radius 3 is 2.50 bits per heavy atom. The number of aromatic nitrogens is 2. The van der Waals surface area contributed by atoms with Crippen LogP contribution < -0.4 is 11.2 Å². The van der Waals surface area contributed by atoms with E-state index in [1.165, 1.54) is 22.6 Å². The fourth-order valence-electron chi connectivity index (χ4n) is 1.23. The minimum absolute atomic E-state index is 0.0868. The lowest BCUT2D eigenvalue weighted by Crippen LogP contribution is -2.53. The van der Waals surface area contributed by atoms with Gasteiger partial charge in [0.1, 0.15) is 6.10 Å². The molecule has 0 aliphatic rings. The lowest BCUT2D eigenvalue weighted by atomic mass is 10.1. The molecule has 2 atom stereocenters. The number of hydrogen-bond acceptors (Lipinski definition) is 6. The fraction of sp³-hybridized carbons (Fsp3) is 0.444. The number of nitrogens with zero attached hydrogens (tertiary/aromatic N) is 1. The smallest absolute Gasteiger partial charge is 0.353 e. The maximum Gasteiger partial charge on any atom is 0.353 e. The lowest BCUT2D eigenvalue weighted by molar-refractivity contribution is -0.136. The summed E-state index contributed by atoms with van der Waals surface area (Å²) >= 11 is 1.41. The highest BCUT2D eigenvalue weighted by Crippen LogP contribution is 2.23. The third kappa shape index (κ3) is 3.11. The van der Waals surface area contributed by atoms with Crippen molar-refractivity contribution in [2.45, 2.75) is 18.1 Å². The highest BCUT2D eigenvalue weighted by atomic mass is 127. The van der Waals surface area contributed by atoms with Gasteiger partial charge < -0.3 is 15.3 Å². The van der Waals surface area contributed by atoms with Crippen molar-refractivity contribution in [1.29, 1.82) is 0 Å². The van der Waals surface area contributed by atoms with E-state index < -0.39 is 41.9 Å². The number of nitrogens with one attached hydrogen (secondary N) is 1. The third-order valence-corrected chi connectivity index (χ3v) is 3.09. The van der Waals surface area contributed by atoms with Crippen molar-refractivity contribution in [3.63, 3.8) is 0 Å². The van der Waals surface area contributed by atoms with E-state index in [1.54, 1.807) is 4.98 Å². The van der Waals surface area contributed by atoms with Gasteiger partial charge in [-0.3, -0.25) is 14.6 Å². The van der Waals surface area contributed by atoms with Crippen molar-refractivity contribution in [1.82, 2.24) is 9.55 Å². The summed E-state index contributed by atoms with van der Waals surface area (Å²) in [4.78, 5) is 35.5. The Labute approximate surface area is 122 Å². The van der Waals surface area contributed by atoms with Crippen LogP contribution in [-0.4, -0.2) is 55.5 Å². The zero-order valence-electron chi connectivity index (χ0n) is 9.59. The van der Waals surface area contributed by atoms with Gasteiger partial charge in [0.25, 0.3) is 5.56 Å². The van der Waals surface area contributed by atoms with Crippen molar-refractivity contribution < 1.29 is 28.9 Å². The number of aliphatic hydroxyl groups is 3. The van der Waals surface area contributed by atoms with E-state index in [0.717, 1.165) is 0 Å². The van der Waals surface area contributed by atoms with Crippen molar-refractivity contribution >= 4 is 28.5 Å². The second kappa shape index (κ2) is 6.07. The van der Waals surface area contributed by atoms with Gasteiger partial charge in [0.15, 0.2) is 6.10 Å². The van der Waals surface area contributed by atoms with Gasteiger partial charge in [-0.05, 0) is 22.6 Å². The second-order valence-electron chi connectivity index (χ2n) is 3.73. The Hall–Kier alpha value is -1.18. The van der Waals surface area contributed by atoms with Crippen molar-refractivity contribution in [2.75, 3.05) is 6.61 Å². The van der Waals surface area contributed by atoms with Crippen LogP contribution in [0.25, 0.3) is 0 Å². The summed E-state index contributed by atoms with van der Waals surface area (Å²) in [5, 5.41) is 26.6. The topological polar surface area (TPSA) is 133 Å². The van der Waals surface area contributed by atoms with E-state index in [4.69, 9.17) is 15.3 Å². The highest BCUT2D eigenvalue weighted by molar-refractivity contribution is 14.1. The summed E-state index contributed by atoms with van der Waals surface area (Å²) in [7, 11) is 0. The largest absolute Gasteiger partial charge is 0.394 e. The van der Waals surface area contributed by atoms with Gasteiger partial charge in [-0.1, -0.05) is 0 Å². The summed E-state index contributed by atoms with van der Waals surface area (Å²) in [6, 6.07) is 0. The van der Waals surface area contributed by atoms with Gasteiger partial charge in [0.05, 0.1) is 10.2 Å². The number of hydrogen-bond donors (Lipinski definition) is 4. The van der Waals surface area contributed by atoms with Crippen LogP contribution in [0.5, 0.6) is 0 Å². The molecule has 0 fully saturated rings. The van der Waals surface area contributed by atoms with Gasteiger partial charge in [-0.15, -0.1) is 0 Å².